The molecular weight excluding hydrogens is 356 g/mol. The van der Waals surface area contributed by atoms with E-state index < -0.39 is 0 Å². The maximum atomic E-state index is 6.08. The first kappa shape index (κ1) is 19.6. The Morgan fingerprint density at radius 3 is 2.33 bits per heavy atom. The number of halogens is 1. The van der Waals surface area contributed by atoms with Gasteiger partial charge in [-0.15, -0.1) is 12.4 Å². The smallest absolute Gasteiger partial charge is 0.123 e. The molecule has 0 bridgehead atoms. The van der Waals surface area contributed by atoms with Crippen molar-refractivity contribution in [1.82, 2.24) is 14.5 Å². The number of rotatable bonds is 6. The first-order valence-electron chi connectivity index (χ1n) is 9.35. The molecule has 2 heterocycles. The van der Waals surface area contributed by atoms with Crippen LogP contribution in [0.1, 0.15) is 22.9 Å². The molecule has 5 heteroatoms. The van der Waals surface area contributed by atoms with Gasteiger partial charge in [-0.25, -0.2) is 4.98 Å². The second-order valence-corrected chi connectivity index (χ2v) is 7.16. The molecule has 0 radical (unpaired) electrons. The monoisotopic (exact) mass is 382 g/mol. The summed E-state index contributed by atoms with van der Waals surface area (Å²) in [6, 6.07) is 21.3. The van der Waals surface area contributed by atoms with E-state index >= 15 is 0 Å². The van der Waals surface area contributed by atoms with E-state index in [0.717, 1.165) is 38.5 Å². The van der Waals surface area contributed by atoms with Gasteiger partial charge in [0.25, 0.3) is 0 Å². The van der Waals surface area contributed by atoms with Crippen molar-refractivity contribution in [3.05, 3.63) is 90.0 Å². The van der Waals surface area contributed by atoms with Gasteiger partial charge < -0.3 is 10.3 Å². The number of nitrogens with zero attached hydrogens (tertiary/aromatic N) is 3. The van der Waals surface area contributed by atoms with E-state index in [0.29, 0.717) is 11.8 Å². The van der Waals surface area contributed by atoms with Gasteiger partial charge in [-0.2, -0.15) is 0 Å². The number of likely N-dealkylation sites (tertiary alicyclic amines) is 1. The fraction of sp³-hybridized carbons (Fsp3) is 0.318. The average molecular weight is 383 g/mol. The normalized spacial score (nSPS) is 19.7. The van der Waals surface area contributed by atoms with Crippen LogP contribution >= 0.6 is 12.4 Å². The zero-order valence-electron chi connectivity index (χ0n) is 15.4. The number of hydrogen-bond acceptors (Lipinski definition) is 3. The predicted octanol–water partition coefficient (Wildman–Crippen LogP) is 3.53. The Balaban J connectivity index is 0.00000210. The minimum atomic E-state index is 0. The molecular formula is C22H27ClN4. The van der Waals surface area contributed by atoms with Crippen molar-refractivity contribution in [3.8, 4) is 0 Å². The molecule has 3 aromatic rings. The van der Waals surface area contributed by atoms with Crippen LogP contribution in [-0.2, 0) is 13.1 Å². The molecule has 0 unspecified atom stereocenters. The summed E-state index contributed by atoms with van der Waals surface area (Å²) < 4.78 is 2.25. The van der Waals surface area contributed by atoms with Crippen molar-refractivity contribution in [3.63, 3.8) is 0 Å². The topological polar surface area (TPSA) is 47.1 Å². The summed E-state index contributed by atoms with van der Waals surface area (Å²) in [5.74, 6) is 2.15. The molecule has 1 aliphatic rings. The number of benzene rings is 2. The van der Waals surface area contributed by atoms with Crippen LogP contribution in [0.25, 0.3) is 0 Å². The molecule has 2 aromatic carbocycles. The Hall–Kier alpha value is -2.14. The minimum Gasteiger partial charge on any atom is -0.330 e. The molecule has 0 spiro atoms. The summed E-state index contributed by atoms with van der Waals surface area (Å²) >= 11 is 0. The lowest BCUT2D eigenvalue weighted by Gasteiger charge is -2.17. The first-order chi connectivity index (χ1) is 12.8. The summed E-state index contributed by atoms with van der Waals surface area (Å²) in [6.45, 7) is 4.55. The first-order valence-corrected chi connectivity index (χ1v) is 9.35. The van der Waals surface area contributed by atoms with E-state index in [1.807, 2.05) is 6.20 Å². The maximum Gasteiger partial charge on any atom is 0.123 e. The van der Waals surface area contributed by atoms with Gasteiger partial charge in [0, 0.05) is 37.9 Å². The zero-order chi connectivity index (χ0) is 17.8. The highest BCUT2D eigenvalue weighted by molar-refractivity contribution is 5.85. The van der Waals surface area contributed by atoms with Gasteiger partial charge in [0.1, 0.15) is 5.82 Å². The molecule has 1 aromatic heterocycles. The van der Waals surface area contributed by atoms with Crippen molar-refractivity contribution >= 4 is 12.4 Å². The van der Waals surface area contributed by atoms with Crippen molar-refractivity contribution in [1.29, 1.82) is 0 Å². The largest absolute Gasteiger partial charge is 0.330 e. The molecule has 0 amide bonds. The van der Waals surface area contributed by atoms with Crippen molar-refractivity contribution in [2.75, 3.05) is 19.6 Å². The Morgan fingerprint density at radius 2 is 1.63 bits per heavy atom. The number of hydrogen-bond donors (Lipinski definition) is 1. The summed E-state index contributed by atoms with van der Waals surface area (Å²) in [5, 5.41) is 0. The van der Waals surface area contributed by atoms with Gasteiger partial charge in [-0.1, -0.05) is 60.7 Å². The van der Waals surface area contributed by atoms with Crippen LogP contribution in [0.3, 0.4) is 0 Å². The second-order valence-electron chi connectivity index (χ2n) is 7.16. The lowest BCUT2D eigenvalue weighted by molar-refractivity contribution is 0.304. The molecule has 1 aliphatic heterocycles. The fourth-order valence-corrected chi connectivity index (χ4v) is 4.02. The van der Waals surface area contributed by atoms with Crippen LogP contribution in [0.15, 0.2) is 73.1 Å². The van der Waals surface area contributed by atoms with Gasteiger partial charge in [-0.3, -0.25) is 4.90 Å². The number of imidazole rings is 1. The van der Waals surface area contributed by atoms with Crippen LogP contribution < -0.4 is 5.73 Å². The minimum absolute atomic E-state index is 0. The van der Waals surface area contributed by atoms with Gasteiger partial charge in [-0.05, 0) is 23.6 Å². The Kier molecular flexibility index (Phi) is 6.67. The molecule has 0 aliphatic carbocycles. The molecule has 142 valence electrons. The summed E-state index contributed by atoms with van der Waals surface area (Å²) in [4.78, 5) is 7.11. The van der Waals surface area contributed by atoms with Crippen molar-refractivity contribution < 1.29 is 0 Å². The third-order valence-electron chi connectivity index (χ3n) is 5.41. The highest BCUT2D eigenvalue weighted by Crippen LogP contribution is 2.32. The van der Waals surface area contributed by atoms with Gasteiger partial charge in [0.05, 0.1) is 6.54 Å². The van der Waals surface area contributed by atoms with Gasteiger partial charge in [0.15, 0.2) is 0 Å². The highest BCUT2D eigenvalue weighted by Gasteiger charge is 2.33. The standard InChI is InChI=1S/C22H26N4.ClH/c23-13-20-15-25(16-21(20)19-9-5-2-6-10-19)17-22-24-11-12-26(22)14-18-7-3-1-4-8-18;/h1-12,20-21H,13-17,23H2;1H/t20-,21+;/m1./s1. The molecule has 1 saturated heterocycles. The van der Waals surface area contributed by atoms with E-state index in [4.69, 9.17) is 5.73 Å². The Labute approximate surface area is 167 Å². The predicted molar refractivity (Wildman–Crippen MR) is 112 cm³/mol. The quantitative estimate of drug-likeness (QED) is 0.709. The van der Waals surface area contributed by atoms with Crippen LogP contribution in [-0.4, -0.2) is 34.1 Å². The number of aromatic nitrogens is 2. The lowest BCUT2D eigenvalue weighted by atomic mass is 9.89. The zero-order valence-corrected chi connectivity index (χ0v) is 16.3. The Bertz CT molecular complexity index is 819. The van der Waals surface area contributed by atoms with Crippen LogP contribution in [0.4, 0.5) is 0 Å². The average Bonchev–Trinajstić information content (AvgIpc) is 3.30. The Morgan fingerprint density at radius 1 is 0.926 bits per heavy atom. The highest BCUT2D eigenvalue weighted by atomic mass is 35.5. The summed E-state index contributed by atoms with van der Waals surface area (Å²) in [6.07, 6.45) is 3.98. The second kappa shape index (κ2) is 9.18. The van der Waals surface area contributed by atoms with E-state index in [2.05, 4.69) is 81.3 Å². The lowest BCUT2D eigenvalue weighted by Crippen LogP contribution is -2.24. The molecule has 4 nitrogen and oxygen atoms in total. The van der Waals surface area contributed by atoms with E-state index in [1.165, 1.54) is 11.1 Å². The molecule has 4 rings (SSSR count). The van der Waals surface area contributed by atoms with Gasteiger partial charge in [0.2, 0.25) is 0 Å². The maximum absolute atomic E-state index is 6.08. The van der Waals surface area contributed by atoms with Crippen LogP contribution in [0, 0.1) is 5.92 Å². The van der Waals surface area contributed by atoms with Gasteiger partial charge >= 0.3 is 0 Å². The van der Waals surface area contributed by atoms with Crippen LogP contribution in [0.2, 0.25) is 0 Å². The summed E-state index contributed by atoms with van der Waals surface area (Å²) in [7, 11) is 0. The summed E-state index contributed by atoms with van der Waals surface area (Å²) in [5.41, 5.74) is 8.78. The van der Waals surface area contributed by atoms with E-state index in [9.17, 15) is 0 Å². The molecule has 27 heavy (non-hydrogen) atoms. The molecule has 2 atom stereocenters. The molecule has 0 saturated carbocycles. The van der Waals surface area contributed by atoms with Crippen LogP contribution in [0.5, 0.6) is 0 Å². The third-order valence-corrected chi connectivity index (χ3v) is 5.41. The van der Waals surface area contributed by atoms with E-state index in [-0.39, 0.29) is 12.4 Å². The van der Waals surface area contributed by atoms with E-state index in [1.54, 1.807) is 0 Å². The van der Waals surface area contributed by atoms with Crippen molar-refractivity contribution in [2.24, 2.45) is 11.7 Å². The fourth-order valence-electron chi connectivity index (χ4n) is 4.02. The van der Waals surface area contributed by atoms with Crippen molar-refractivity contribution in [2.45, 2.75) is 19.0 Å². The number of nitrogens with two attached hydrogens (primary N) is 1. The third kappa shape index (κ3) is 4.59. The molecule has 1 fully saturated rings. The molecule has 2 N–H and O–H groups in total. The SMILES string of the molecule is Cl.NC[C@@H]1CN(Cc2nccn2Cc2ccccc2)C[C@H]1c1ccccc1.